The van der Waals surface area contributed by atoms with Gasteiger partial charge < -0.3 is 5.32 Å². The van der Waals surface area contributed by atoms with Crippen molar-refractivity contribution in [2.24, 2.45) is 0 Å². The molecule has 0 fully saturated rings. The number of benzene rings is 1. The Balaban J connectivity index is 2.20. The molecule has 1 N–H and O–H groups in total. The third-order valence-corrected chi connectivity index (χ3v) is 3.25. The van der Waals surface area contributed by atoms with Gasteiger partial charge in [0.05, 0.1) is 22.9 Å². The minimum absolute atomic E-state index is 0.0774. The molecule has 1 aromatic heterocycles. The Morgan fingerprint density at radius 3 is 2.67 bits per heavy atom. The van der Waals surface area contributed by atoms with Gasteiger partial charge in [0.2, 0.25) is 0 Å². The molecule has 21 heavy (non-hydrogen) atoms. The Morgan fingerprint density at radius 2 is 2.14 bits per heavy atom. The second-order valence-corrected chi connectivity index (χ2v) is 4.76. The van der Waals surface area contributed by atoms with E-state index in [2.05, 4.69) is 10.3 Å². The van der Waals surface area contributed by atoms with Crippen LogP contribution in [0.4, 0.5) is 15.8 Å². The van der Waals surface area contributed by atoms with Crippen LogP contribution in [0.2, 0.25) is 0 Å². The second kappa shape index (κ2) is 6.30. The zero-order valence-corrected chi connectivity index (χ0v) is 11.8. The molecule has 0 bridgehead atoms. The number of aromatic nitrogens is 1. The fourth-order valence-electron chi connectivity index (χ4n) is 2.13. The van der Waals surface area contributed by atoms with Gasteiger partial charge in [-0.2, -0.15) is 0 Å². The van der Waals surface area contributed by atoms with E-state index in [0.717, 1.165) is 17.8 Å². The topological polar surface area (TPSA) is 68.1 Å². The molecule has 1 atom stereocenters. The van der Waals surface area contributed by atoms with E-state index in [0.29, 0.717) is 5.56 Å². The number of nitro groups is 1. The Labute approximate surface area is 122 Å². The molecule has 2 rings (SSSR count). The summed E-state index contributed by atoms with van der Waals surface area (Å²) in [5.41, 5.74) is 2.19. The summed E-state index contributed by atoms with van der Waals surface area (Å²) in [4.78, 5) is 14.5. The van der Waals surface area contributed by atoms with E-state index in [9.17, 15) is 14.5 Å². The van der Waals surface area contributed by atoms with Crippen LogP contribution in [0, 0.1) is 22.9 Å². The highest BCUT2D eigenvalue weighted by atomic mass is 19.1. The van der Waals surface area contributed by atoms with Gasteiger partial charge in [0.1, 0.15) is 5.82 Å². The molecule has 0 radical (unpaired) electrons. The Kier molecular flexibility index (Phi) is 4.47. The molecule has 6 heteroatoms. The van der Waals surface area contributed by atoms with Crippen molar-refractivity contribution in [1.82, 2.24) is 4.98 Å². The first-order chi connectivity index (χ1) is 10.0. The first-order valence-electron chi connectivity index (χ1n) is 6.64. The van der Waals surface area contributed by atoms with Gasteiger partial charge >= 0.3 is 0 Å². The summed E-state index contributed by atoms with van der Waals surface area (Å²) in [7, 11) is 0. The minimum atomic E-state index is -0.405. The summed E-state index contributed by atoms with van der Waals surface area (Å²) in [6.45, 7) is 3.68. The number of hydrogen-bond acceptors (Lipinski definition) is 4. The lowest BCUT2D eigenvalue weighted by atomic mass is 10.1. The van der Waals surface area contributed by atoms with Crippen molar-refractivity contribution in [2.75, 3.05) is 5.32 Å². The maximum atomic E-state index is 12.9. The molecule has 1 unspecified atom stereocenters. The van der Waals surface area contributed by atoms with E-state index in [1.807, 2.05) is 6.92 Å². The predicted octanol–water partition coefficient (Wildman–Crippen LogP) is 4.00. The highest BCUT2D eigenvalue weighted by Gasteiger charge is 2.14. The average molecular weight is 289 g/mol. The fourth-order valence-corrected chi connectivity index (χ4v) is 2.13. The van der Waals surface area contributed by atoms with Crippen molar-refractivity contribution in [2.45, 2.75) is 26.3 Å². The third-order valence-electron chi connectivity index (χ3n) is 3.25. The Bertz CT molecular complexity index is 644. The lowest BCUT2D eigenvalue weighted by Gasteiger charge is -2.18. The third kappa shape index (κ3) is 3.53. The molecule has 5 nitrogen and oxygen atoms in total. The number of aryl methyl sites for hydroxylation is 1. The van der Waals surface area contributed by atoms with E-state index in [1.54, 1.807) is 25.1 Å². The summed E-state index contributed by atoms with van der Waals surface area (Å²) < 4.78 is 12.9. The van der Waals surface area contributed by atoms with E-state index in [-0.39, 0.29) is 17.5 Å². The number of pyridine rings is 1. The summed E-state index contributed by atoms with van der Waals surface area (Å²) in [6.07, 6.45) is 1.94. The van der Waals surface area contributed by atoms with Crippen LogP contribution in [0.5, 0.6) is 0 Å². The number of rotatable bonds is 5. The molecule has 0 amide bonds. The molecule has 1 heterocycles. The van der Waals surface area contributed by atoms with Gasteiger partial charge in [-0.05, 0) is 37.6 Å². The van der Waals surface area contributed by atoms with Crippen LogP contribution in [-0.4, -0.2) is 9.91 Å². The Morgan fingerprint density at radius 1 is 1.38 bits per heavy atom. The average Bonchev–Trinajstić information content (AvgIpc) is 2.45. The van der Waals surface area contributed by atoms with Gasteiger partial charge in [-0.25, -0.2) is 4.39 Å². The fraction of sp³-hybridized carbons (Fsp3) is 0.267. The molecule has 1 aromatic carbocycles. The molecular weight excluding hydrogens is 273 g/mol. The quantitative estimate of drug-likeness (QED) is 0.667. The van der Waals surface area contributed by atoms with Gasteiger partial charge in [0, 0.05) is 17.3 Å². The summed E-state index contributed by atoms with van der Waals surface area (Å²) in [5.74, 6) is -0.375. The summed E-state index contributed by atoms with van der Waals surface area (Å²) in [5, 5.41) is 14.1. The maximum Gasteiger partial charge on any atom is 0.272 e. The first kappa shape index (κ1) is 14.9. The maximum absolute atomic E-state index is 12.9. The lowest BCUT2D eigenvalue weighted by Crippen LogP contribution is -2.11. The largest absolute Gasteiger partial charge is 0.377 e. The monoisotopic (exact) mass is 289 g/mol. The van der Waals surface area contributed by atoms with Crippen LogP contribution >= 0.6 is 0 Å². The van der Waals surface area contributed by atoms with Crippen LogP contribution in [0.25, 0.3) is 0 Å². The number of nitrogens with zero attached hydrogens (tertiary/aromatic N) is 2. The van der Waals surface area contributed by atoms with Gasteiger partial charge in [0.15, 0.2) is 0 Å². The van der Waals surface area contributed by atoms with Crippen molar-refractivity contribution in [3.05, 3.63) is 63.7 Å². The van der Waals surface area contributed by atoms with Gasteiger partial charge in [0.25, 0.3) is 5.69 Å². The van der Waals surface area contributed by atoms with E-state index in [1.165, 1.54) is 18.3 Å². The van der Waals surface area contributed by atoms with Crippen LogP contribution < -0.4 is 5.32 Å². The Hall–Kier alpha value is -2.50. The molecule has 0 aliphatic heterocycles. The number of anilines is 1. The van der Waals surface area contributed by atoms with E-state index >= 15 is 0 Å². The molecule has 2 aromatic rings. The lowest BCUT2D eigenvalue weighted by molar-refractivity contribution is -0.385. The van der Waals surface area contributed by atoms with Crippen LogP contribution in [0.3, 0.4) is 0 Å². The normalized spacial score (nSPS) is 12.0. The molecule has 0 spiro atoms. The van der Waals surface area contributed by atoms with Crippen molar-refractivity contribution in [3.8, 4) is 0 Å². The van der Waals surface area contributed by atoms with Crippen LogP contribution in [0.15, 0.2) is 36.5 Å². The van der Waals surface area contributed by atoms with E-state index in [4.69, 9.17) is 0 Å². The number of hydrogen-bond donors (Lipinski definition) is 1. The van der Waals surface area contributed by atoms with Gasteiger partial charge in [-0.15, -0.1) is 0 Å². The van der Waals surface area contributed by atoms with Crippen molar-refractivity contribution in [3.63, 3.8) is 0 Å². The number of halogens is 1. The van der Waals surface area contributed by atoms with Crippen molar-refractivity contribution in [1.29, 1.82) is 0 Å². The standard InChI is InChI=1S/C15H16FN3O2/c1-3-13(14-6-4-11(16)9-17-14)18-12-5-7-15(19(20)21)10(2)8-12/h4-9,13,18H,3H2,1-2H3. The molecule has 0 aliphatic rings. The van der Waals surface area contributed by atoms with Crippen molar-refractivity contribution >= 4 is 11.4 Å². The van der Waals surface area contributed by atoms with Crippen LogP contribution in [-0.2, 0) is 0 Å². The SMILES string of the molecule is CCC(Nc1ccc([N+](=O)[O-])c(C)c1)c1ccc(F)cn1. The zero-order chi connectivity index (χ0) is 15.4. The minimum Gasteiger partial charge on any atom is -0.377 e. The molecule has 0 saturated heterocycles. The summed E-state index contributed by atoms with van der Waals surface area (Å²) >= 11 is 0. The first-order valence-corrected chi connectivity index (χ1v) is 6.64. The van der Waals surface area contributed by atoms with Crippen molar-refractivity contribution < 1.29 is 9.31 Å². The molecule has 0 saturated carbocycles. The predicted molar refractivity (Wildman–Crippen MR) is 78.7 cm³/mol. The molecular formula is C15H16FN3O2. The second-order valence-electron chi connectivity index (χ2n) is 4.76. The number of nitro benzene ring substituents is 1. The zero-order valence-electron chi connectivity index (χ0n) is 11.8. The summed E-state index contributed by atoms with van der Waals surface area (Å²) in [6, 6.07) is 7.79. The number of nitrogens with one attached hydrogen (secondary N) is 1. The van der Waals surface area contributed by atoms with Gasteiger partial charge in [-0.1, -0.05) is 6.92 Å². The molecule has 0 aliphatic carbocycles. The van der Waals surface area contributed by atoms with E-state index < -0.39 is 4.92 Å². The molecule has 110 valence electrons. The highest BCUT2D eigenvalue weighted by molar-refractivity contribution is 5.54. The van der Waals surface area contributed by atoms with Crippen LogP contribution in [0.1, 0.15) is 30.6 Å². The highest BCUT2D eigenvalue weighted by Crippen LogP contribution is 2.25. The smallest absolute Gasteiger partial charge is 0.272 e. The van der Waals surface area contributed by atoms with Gasteiger partial charge in [-0.3, -0.25) is 15.1 Å².